The van der Waals surface area contributed by atoms with Crippen molar-refractivity contribution in [3.63, 3.8) is 0 Å². The van der Waals surface area contributed by atoms with Crippen LogP contribution in [0.2, 0.25) is 5.02 Å². The van der Waals surface area contributed by atoms with E-state index in [1.54, 1.807) is 23.2 Å². The number of amides is 1. The van der Waals surface area contributed by atoms with Gasteiger partial charge in [-0.3, -0.25) is 4.79 Å². The lowest BCUT2D eigenvalue weighted by Crippen LogP contribution is -2.56. The largest absolute Gasteiger partial charge is 0.471 e. The molecule has 4 nitrogen and oxygen atoms in total. The third kappa shape index (κ3) is 3.07. The molecule has 1 fully saturated rings. The molecule has 1 aromatic heterocycles. The van der Waals surface area contributed by atoms with Gasteiger partial charge >= 0.3 is 0 Å². The second-order valence-corrected chi connectivity index (χ2v) is 6.00. The molecule has 0 bridgehead atoms. The Bertz CT molecular complexity index is 694. The van der Waals surface area contributed by atoms with Crippen LogP contribution in [0.3, 0.4) is 0 Å². The smallest absolute Gasteiger partial charge is 0.254 e. The molecule has 0 saturated carbocycles. The number of nitrogens with zero attached hydrogens (tertiary/aromatic N) is 2. The number of rotatable bonds is 3. The zero-order valence-electron chi connectivity index (χ0n) is 12.5. The summed E-state index contributed by atoms with van der Waals surface area (Å²) in [5.74, 6) is 0.583. The van der Waals surface area contributed by atoms with Crippen LogP contribution in [-0.2, 0) is 0 Å². The lowest BCUT2D eigenvalue weighted by atomic mass is 10.0. The average molecular weight is 317 g/mol. The minimum atomic E-state index is -0.0100. The highest BCUT2D eigenvalue weighted by atomic mass is 35.5. The molecule has 22 heavy (non-hydrogen) atoms. The van der Waals surface area contributed by atoms with E-state index in [4.69, 9.17) is 16.3 Å². The van der Waals surface area contributed by atoms with Gasteiger partial charge in [-0.25, -0.2) is 4.98 Å². The van der Waals surface area contributed by atoms with Crippen molar-refractivity contribution in [2.45, 2.75) is 20.0 Å². The molecule has 3 rings (SSSR count). The molecule has 1 aliphatic heterocycles. The molecule has 0 spiro atoms. The second kappa shape index (κ2) is 5.97. The summed E-state index contributed by atoms with van der Waals surface area (Å²) in [5.41, 5.74) is 3.05. The molecule has 0 N–H and O–H groups in total. The number of hydrogen-bond acceptors (Lipinski definition) is 3. The standard InChI is InChI=1S/C17H17ClN2O2/c1-11-3-4-13(7-12(11)2)17(21)20-9-15(10-20)22-16-6-5-14(18)8-19-16/h3-8,15H,9-10H2,1-2H3. The number of benzene rings is 1. The quantitative estimate of drug-likeness (QED) is 0.873. The van der Waals surface area contributed by atoms with Crippen LogP contribution in [-0.4, -0.2) is 35.0 Å². The number of likely N-dealkylation sites (tertiary alicyclic amines) is 1. The summed E-state index contributed by atoms with van der Waals surface area (Å²) in [4.78, 5) is 18.2. The molecule has 0 radical (unpaired) electrons. The van der Waals surface area contributed by atoms with E-state index in [1.165, 1.54) is 5.56 Å². The summed E-state index contributed by atoms with van der Waals surface area (Å²) in [5, 5.41) is 0.576. The maximum atomic E-state index is 12.4. The summed E-state index contributed by atoms with van der Waals surface area (Å²) in [7, 11) is 0. The molecule has 0 aliphatic carbocycles. The van der Waals surface area contributed by atoms with E-state index < -0.39 is 0 Å². The normalized spacial score (nSPS) is 14.6. The molecule has 1 aliphatic rings. The van der Waals surface area contributed by atoms with Gasteiger partial charge in [0.25, 0.3) is 5.91 Å². The molecule has 2 aromatic rings. The van der Waals surface area contributed by atoms with E-state index in [2.05, 4.69) is 4.98 Å². The van der Waals surface area contributed by atoms with Gasteiger partial charge in [-0.15, -0.1) is 0 Å². The van der Waals surface area contributed by atoms with Crippen molar-refractivity contribution < 1.29 is 9.53 Å². The lowest BCUT2D eigenvalue weighted by molar-refractivity contribution is 0.0160. The highest BCUT2D eigenvalue weighted by Gasteiger charge is 2.33. The Kier molecular flexibility index (Phi) is 4.03. The summed E-state index contributed by atoms with van der Waals surface area (Å²) in [6.07, 6.45) is 1.54. The number of carbonyl (C=O) groups excluding carboxylic acids is 1. The maximum absolute atomic E-state index is 12.4. The van der Waals surface area contributed by atoms with Crippen molar-refractivity contribution in [1.29, 1.82) is 0 Å². The zero-order chi connectivity index (χ0) is 15.7. The van der Waals surface area contributed by atoms with Gasteiger partial charge in [0.15, 0.2) is 0 Å². The van der Waals surface area contributed by atoms with E-state index >= 15 is 0 Å². The van der Waals surface area contributed by atoms with Gasteiger partial charge in [0, 0.05) is 17.8 Å². The molecule has 1 amide bonds. The summed E-state index contributed by atoms with van der Waals surface area (Å²) >= 11 is 5.78. The fourth-order valence-corrected chi connectivity index (χ4v) is 2.45. The Morgan fingerprint density at radius 1 is 1.23 bits per heavy atom. The van der Waals surface area contributed by atoms with Gasteiger partial charge < -0.3 is 9.64 Å². The minimum absolute atomic E-state index is 0.0100. The summed E-state index contributed by atoms with van der Waals surface area (Å²) in [6, 6.07) is 9.26. The average Bonchev–Trinajstić information content (AvgIpc) is 2.46. The number of halogens is 1. The fourth-order valence-electron chi connectivity index (χ4n) is 2.34. The number of aromatic nitrogens is 1. The van der Waals surface area contributed by atoms with E-state index in [1.807, 2.05) is 32.0 Å². The van der Waals surface area contributed by atoms with Gasteiger partial charge in [-0.05, 0) is 43.2 Å². The first-order valence-corrected chi connectivity index (χ1v) is 7.55. The molecule has 1 aromatic carbocycles. The first-order valence-electron chi connectivity index (χ1n) is 7.17. The Balaban J connectivity index is 1.57. The third-order valence-corrected chi connectivity index (χ3v) is 4.10. The Hall–Kier alpha value is -2.07. The first kappa shape index (κ1) is 14.9. The molecule has 0 atom stereocenters. The lowest BCUT2D eigenvalue weighted by Gasteiger charge is -2.38. The second-order valence-electron chi connectivity index (χ2n) is 5.56. The zero-order valence-corrected chi connectivity index (χ0v) is 13.3. The fraction of sp³-hybridized carbons (Fsp3) is 0.294. The van der Waals surface area contributed by atoms with Crippen molar-refractivity contribution in [1.82, 2.24) is 9.88 Å². The first-order chi connectivity index (χ1) is 10.5. The number of ether oxygens (including phenoxy) is 1. The van der Waals surface area contributed by atoms with E-state index in [9.17, 15) is 4.79 Å². The Morgan fingerprint density at radius 3 is 2.64 bits per heavy atom. The van der Waals surface area contributed by atoms with Gasteiger partial charge in [0.2, 0.25) is 5.88 Å². The molecule has 5 heteroatoms. The molecular formula is C17H17ClN2O2. The number of pyridine rings is 1. The topological polar surface area (TPSA) is 42.4 Å². The maximum Gasteiger partial charge on any atom is 0.254 e. The van der Waals surface area contributed by atoms with Crippen LogP contribution in [0.4, 0.5) is 0 Å². The van der Waals surface area contributed by atoms with E-state index in [0.717, 1.165) is 11.1 Å². The van der Waals surface area contributed by atoms with Crippen LogP contribution in [0.5, 0.6) is 5.88 Å². The van der Waals surface area contributed by atoms with Crippen molar-refractivity contribution in [3.05, 3.63) is 58.2 Å². The predicted molar refractivity (Wildman–Crippen MR) is 85.5 cm³/mol. The van der Waals surface area contributed by atoms with Crippen LogP contribution in [0.15, 0.2) is 36.5 Å². The summed E-state index contributed by atoms with van der Waals surface area (Å²) in [6.45, 7) is 5.21. The van der Waals surface area contributed by atoms with Crippen molar-refractivity contribution in [2.24, 2.45) is 0 Å². The number of hydrogen-bond donors (Lipinski definition) is 0. The van der Waals surface area contributed by atoms with Crippen LogP contribution in [0, 0.1) is 13.8 Å². The monoisotopic (exact) mass is 316 g/mol. The molecule has 2 heterocycles. The minimum Gasteiger partial charge on any atom is -0.471 e. The predicted octanol–water partition coefficient (Wildman–Crippen LogP) is 3.26. The van der Waals surface area contributed by atoms with Crippen LogP contribution in [0.1, 0.15) is 21.5 Å². The Morgan fingerprint density at radius 2 is 2.00 bits per heavy atom. The molecule has 1 saturated heterocycles. The SMILES string of the molecule is Cc1ccc(C(=O)N2CC(Oc3ccc(Cl)cn3)C2)cc1C. The van der Waals surface area contributed by atoms with Crippen LogP contribution >= 0.6 is 11.6 Å². The number of carbonyl (C=O) groups is 1. The van der Waals surface area contributed by atoms with Crippen LogP contribution < -0.4 is 4.74 Å². The van der Waals surface area contributed by atoms with Crippen molar-refractivity contribution >= 4 is 17.5 Å². The third-order valence-electron chi connectivity index (χ3n) is 3.88. The van der Waals surface area contributed by atoms with Crippen molar-refractivity contribution in [2.75, 3.05) is 13.1 Å². The van der Waals surface area contributed by atoms with Gasteiger partial charge in [-0.1, -0.05) is 17.7 Å². The molecule has 114 valence electrons. The van der Waals surface area contributed by atoms with E-state index in [-0.39, 0.29) is 12.0 Å². The van der Waals surface area contributed by atoms with Gasteiger partial charge in [0.1, 0.15) is 6.10 Å². The van der Waals surface area contributed by atoms with Crippen LogP contribution in [0.25, 0.3) is 0 Å². The Labute approximate surface area is 134 Å². The van der Waals surface area contributed by atoms with Crippen molar-refractivity contribution in [3.8, 4) is 5.88 Å². The highest BCUT2D eigenvalue weighted by Crippen LogP contribution is 2.20. The van der Waals surface area contributed by atoms with Gasteiger partial charge in [-0.2, -0.15) is 0 Å². The molecule has 0 unspecified atom stereocenters. The number of aryl methyl sites for hydroxylation is 2. The highest BCUT2D eigenvalue weighted by molar-refractivity contribution is 6.30. The van der Waals surface area contributed by atoms with E-state index in [0.29, 0.717) is 24.0 Å². The molecular weight excluding hydrogens is 300 g/mol. The van der Waals surface area contributed by atoms with Gasteiger partial charge in [0.05, 0.1) is 18.1 Å². The summed E-state index contributed by atoms with van der Waals surface area (Å²) < 4.78 is 5.70.